The number of carbonyl (C=O) groups is 2. The summed E-state index contributed by atoms with van der Waals surface area (Å²) < 4.78 is 0. The van der Waals surface area contributed by atoms with Gasteiger partial charge in [-0.15, -0.1) is 0 Å². The van der Waals surface area contributed by atoms with E-state index in [0.717, 1.165) is 11.3 Å². The van der Waals surface area contributed by atoms with Gasteiger partial charge in [0.25, 0.3) is 0 Å². The highest BCUT2D eigenvalue weighted by molar-refractivity contribution is 6.02. The first-order valence-corrected chi connectivity index (χ1v) is 8.02. The highest BCUT2D eigenvalue weighted by Gasteiger charge is 2.25. The first-order valence-electron chi connectivity index (χ1n) is 8.02. The van der Waals surface area contributed by atoms with Gasteiger partial charge < -0.3 is 21.2 Å². The van der Waals surface area contributed by atoms with Crippen molar-refractivity contribution in [2.24, 2.45) is 10.9 Å². The Hall–Kier alpha value is -2.74. The van der Waals surface area contributed by atoms with Crippen molar-refractivity contribution in [3.63, 3.8) is 0 Å². The van der Waals surface area contributed by atoms with Crippen LogP contribution in [0, 0.1) is 5.41 Å². The molecule has 1 aromatic rings. The summed E-state index contributed by atoms with van der Waals surface area (Å²) in [6.07, 6.45) is 0.370. The van der Waals surface area contributed by atoms with E-state index >= 15 is 0 Å². The third-order valence-corrected chi connectivity index (χ3v) is 4.02. The van der Waals surface area contributed by atoms with Gasteiger partial charge in [0.05, 0.1) is 18.2 Å². The molecule has 0 aromatic heterocycles. The highest BCUT2D eigenvalue weighted by Crippen LogP contribution is 2.19. The summed E-state index contributed by atoms with van der Waals surface area (Å²) in [7, 11) is 1.68. The fourth-order valence-corrected chi connectivity index (χ4v) is 2.49. The molecule has 2 rings (SSSR count). The zero-order valence-corrected chi connectivity index (χ0v) is 14.3. The molecule has 8 heteroatoms. The summed E-state index contributed by atoms with van der Waals surface area (Å²) >= 11 is 0. The summed E-state index contributed by atoms with van der Waals surface area (Å²) in [5.74, 6) is -0.203. The maximum atomic E-state index is 12.0. The molecule has 0 saturated carbocycles. The summed E-state index contributed by atoms with van der Waals surface area (Å²) in [6.45, 7) is 1.72. The van der Waals surface area contributed by atoms with Crippen molar-refractivity contribution >= 4 is 23.2 Å². The average molecular weight is 345 g/mol. The number of rotatable bonds is 8. The Morgan fingerprint density at radius 3 is 2.64 bits per heavy atom. The maximum Gasteiger partial charge on any atom is 0.223 e. The van der Waals surface area contributed by atoms with E-state index in [4.69, 9.17) is 16.0 Å². The summed E-state index contributed by atoms with van der Waals surface area (Å²) in [5.41, 5.74) is 7.70. The number of nitrogens with zero attached hydrogens (tertiary/aromatic N) is 1. The molecule has 1 aliphatic heterocycles. The molecule has 1 heterocycles. The van der Waals surface area contributed by atoms with Gasteiger partial charge in [-0.05, 0) is 19.5 Å². The molecule has 1 amide bonds. The van der Waals surface area contributed by atoms with Crippen molar-refractivity contribution in [3.05, 3.63) is 35.4 Å². The van der Waals surface area contributed by atoms with Crippen LogP contribution in [0.3, 0.4) is 0 Å². The summed E-state index contributed by atoms with van der Waals surface area (Å²) in [4.78, 5) is 28.6. The van der Waals surface area contributed by atoms with Gasteiger partial charge in [0.15, 0.2) is 0 Å². The number of hydrogen-bond acceptors (Lipinski definition) is 6. The second kappa shape index (κ2) is 8.39. The normalized spacial score (nSPS) is 17.4. The number of hydrogen-bond donors (Lipinski definition) is 4. The minimum atomic E-state index is -0.389. The molecule has 1 aromatic carbocycles. The van der Waals surface area contributed by atoms with Crippen molar-refractivity contribution in [1.29, 1.82) is 5.41 Å². The molecular weight excluding hydrogens is 322 g/mol. The molecule has 0 radical (unpaired) electrons. The number of amides is 1. The topological polar surface area (TPSA) is 130 Å². The number of carbonyl (C=O) groups excluding carboxylic acids is 2. The molecule has 2 unspecified atom stereocenters. The van der Waals surface area contributed by atoms with Gasteiger partial charge in [-0.1, -0.05) is 29.4 Å². The lowest BCUT2D eigenvalue weighted by Crippen LogP contribution is -2.44. The predicted molar refractivity (Wildman–Crippen MR) is 94.6 cm³/mol. The Kier molecular flexibility index (Phi) is 6.24. The molecule has 0 saturated heterocycles. The van der Waals surface area contributed by atoms with Crippen LogP contribution in [-0.2, 0) is 14.4 Å². The van der Waals surface area contributed by atoms with Gasteiger partial charge in [0, 0.05) is 18.5 Å². The van der Waals surface area contributed by atoms with Crippen LogP contribution in [0.25, 0.3) is 0 Å². The monoisotopic (exact) mass is 345 g/mol. The third-order valence-electron chi connectivity index (χ3n) is 4.02. The van der Waals surface area contributed by atoms with Gasteiger partial charge in [0.2, 0.25) is 5.91 Å². The SMILES string of the molecule is CNC(CNC(=O)CC1CC(c2ccc(C(=N)N)cc2)=NO1)C(C)=O. The molecule has 1 aliphatic rings. The Morgan fingerprint density at radius 1 is 1.40 bits per heavy atom. The molecule has 0 aliphatic carbocycles. The van der Waals surface area contributed by atoms with Crippen molar-refractivity contribution in [1.82, 2.24) is 10.6 Å². The molecule has 134 valence electrons. The molecule has 0 fully saturated rings. The molecule has 0 spiro atoms. The van der Waals surface area contributed by atoms with Crippen molar-refractivity contribution < 1.29 is 14.4 Å². The van der Waals surface area contributed by atoms with Crippen molar-refractivity contribution in [3.8, 4) is 0 Å². The van der Waals surface area contributed by atoms with Gasteiger partial charge in [-0.2, -0.15) is 0 Å². The lowest BCUT2D eigenvalue weighted by atomic mass is 10.0. The molecule has 0 bridgehead atoms. The Balaban J connectivity index is 1.82. The quantitative estimate of drug-likeness (QED) is 0.393. The molecule has 5 N–H and O–H groups in total. The fraction of sp³-hybridized carbons (Fsp3) is 0.412. The summed E-state index contributed by atoms with van der Waals surface area (Å²) in [6, 6.07) is 6.76. The zero-order chi connectivity index (χ0) is 18.4. The Bertz CT molecular complexity index is 684. The lowest BCUT2D eigenvalue weighted by molar-refractivity contribution is -0.124. The summed E-state index contributed by atoms with van der Waals surface area (Å²) in [5, 5.41) is 17.0. The minimum absolute atomic E-state index is 0.0103. The zero-order valence-electron chi connectivity index (χ0n) is 14.3. The number of nitrogens with one attached hydrogen (secondary N) is 3. The van der Waals surface area contributed by atoms with Crippen LogP contribution in [0.5, 0.6) is 0 Å². The number of Topliss-reactive ketones (excluding diaryl/α,β-unsaturated/α-hetero) is 1. The van der Waals surface area contributed by atoms with Crippen LogP contribution in [0.2, 0.25) is 0 Å². The number of ketones is 1. The number of amidine groups is 1. The number of oxime groups is 1. The smallest absolute Gasteiger partial charge is 0.223 e. The average Bonchev–Trinajstić information content (AvgIpc) is 3.03. The van der Waals surface area contributed by atoms with Crippen molar-refractivity contribution in [2.45, 2.75) is 31.9 Å². The predicted octanol–water partition coefficient (Wildman–Crippen LogP) is 0.147. The number of benzene rings is 1. The van der Waals surface area contributed by atoms with Crippen molar-refractivity contribution in [2.75, 3.05) is 13.6 Å². The molecule has 25 heavy (non-hydrogen) atoms. The second-order valence-corrected chi connectivity index (χ2v) is 5.92. The van der Waals surface area contributed by atoms with Crippen LogP contribution < -0.4 is 16.4 Å². The minimum Gasteiger partial charge on any atom is -0.391 e. The van der Waals surface area contributed by atoms with Crippen LogP contribution in [0.1, 0.15) is 30.9 Å². The van der Waals surface area contributed by atoms with Gasteiger partial charge in [-0.25, -0.2) is 0 Å². The second-order valence-electron chi connectivity index (χ2n) is 5.92. The first kappa shape index (κ1) is 18.6. The van der Waals surface area contributed by atoms with Crippen LogP contribution in [0.15, 0.2) is 29.4 Å². The molecular formula is C17H23N5O3. The number of nitrogen functional groups attached to an aromatic ring is 1. The number of likely N-dealkylation sites (N-methyl/N-ethyl adjacent to an activating group) is 1. The highest BCUT2D eigenvalue weighted by atomic mass is 16.6. The van der Waals surface area contributed by atoms with E-state index in [1.54, 1.807) is 19.2 Å². The van der Waals surface area contributed by atoms with Crippen LogP contribution in [-0.4, -0.2) is 49.0 Å². The van der Waals surface area contributed by atoms with E-state index in [1.807, 2.05) is 12.1 Å². The Morgan fingerprint density at radius 2 is 2.08 bits per heavy atom. The van der Waals surface area contributed by atoms with E-state index in [0.29, 0.717) is 12.0 Å². The van der Waals surface area contributed by atoms with E-state index in [2.05, 4.69) is 15.8 Å². The number of nitrogens with two attached hydrogens (primary N) is 1. The van der Waals surface area contributed by atoms with Crippen LogP contribution in [0.4, 0.5) is 0 Å². The van der Waals surface area contributed by atoms with Gasteiger partial charge >= 0.3 is 0 Å². The van der Waals surface area contributed by atoms with E-state index in [9.17, 15) is 9.59 Å². The molecule has 2 atom stereocenters. The molecule has 8 nitrogen and oxygen atoms in total. The largest absolute Gasteiger partial charge is 0.391 e. The third kappa shape index (κ3) is 5.12. The van der Waals surface area contributed by atoms with E-state index in [-0.39, 0.29) is 42.6 Å². The van der Waals surface area contributed by atoms with Crippen LogP contribution >= 0.6 is 0 Å². The van der Waals surface area contributed by atoms with Gasteiger partial charge in [-0.3, -0.25) is 15.0 Å². The maximum absolute atomic E-state index is 12.0. The van der Waals surface area contributed by atoms with Gasteiger partial charge in [0.1, 0.15) is 17.7 Å². The van der Waals surface area contributed by atoms with E-state index < -0.39 is 0 Å². The lowest BCUT2D eigenvalue weighted by Gasteiger charge is -2.14. The fourth-order valence-electron chi connectivity index (χ4n) is 2.49. The first-order chi connectivity index (χ1) is 11.9. The Labute approximate surface area is 146 Å². The van der Waals surface area contributed by atoms with E-state index in [1.165, 1.54) is 6.92 Å². The standard InChI is InChI=1S/C17H23N5O3/c1-10(23)15(20-2)9-21-16(24)8-13-7-14(22-25-13)11-3-5-12(6-4-11)17(18)19/h3-6,13,15,20H,7-9H2,1-2H3,(H3,18,19)(H,21,24).